The Labute approximate surface area is 152 Å². The van der Waals surface area contributed by atoms with Gasteiger partial charge in [-0.15, -0.1) is 0 Å². The van der Waals surface area contributed by atoms with Gasteiger partial charge in [-0.2, -0.15) is 5.10 Å². The molecule has 0 unspecified atom stereocenters. The number of hydrogen-bond donors (Lipinski definition) is 0. The number of hydrogen-bond acceptors (Lipinski definition) is 4. The Kier molecular flexibility index (Phi) is 5.97. The van der Waals surface area contributed by atoms with Gasteiger partial charge in [-0.25, -0.2) is 4.52 Å². The van der Waals surface area contributed by atoms with E-state index in [-0.39, 0.29) is 0 Å². The summed E-state index contributed by atoms with van der Waals surface area (Å²) < 4.78 is 2.01. The molecule has 0 aromatic carbocycles. The molecule has 2 aromatic rings. The molecule has 2 fully saturated rings. The second kappa shape index (κ2) is 8.19. The molecule has 0 spiro atoms. The number of aryl methyl sites for hydroxylation is 1. The number of fused-ring (bicyclic) bond motifs is 1. The summed E-state index contributed by atoms with van der Waals surface area (Å²) in [4.78, 5) is 7.66. The van der Waals surface area contributed by atoms with Gasteiger partial charge in [0.05, 0.1) is 23.6 Å². The van der Waals surface area contributed by atoms with Crippen molar-refractivity contribution in [2.75, 3.05) is 51.2 Å². The molecule has 0 N–H and O–H groups in total. The Morgan fingerprint density at radius 3 is 2.32 bits per heavy atom. The van der Waals surface area contributed by atoms with Crippen molar-refractivity contribution in [2.24, 2.45) is 0 Å². The summed E-state index contributed by atoms with van der Waals surface area (Å²) in [6.45, 7) is 13.3. The summed E-state index contributed by atoms with van der Waals surface area (Å²) in [7, 11) is 2.23. The molecule has 5 heteroatoms. The first-order valence-electron chi connectivity index (χ1n) is 9.82. The Bertz CT molecular complexity index is 664. The maximum atomic E-state index is 4.45. The van der Waals surface area contributed by atoms with Gasteiger partial charge in [-0.3, -0.25) is 4.90 Å². The summed E-state index contributed by atoms with van der Waals surface area (Å²) in [5, 5.41) is 4.45. The van der Waals surface area contributed by atoms with Crippen molar-refractivity contribution in [1.82, 2.24) is 19.4 Å². The predicted molar refractivity (Wildman–Crippen MR) is 106 cm³/mol. The van der Waals surface area contributed by atoms with E-state index in [0.717, 1.165) is 19.1 Å². The number of piperazine rings is 1. The summed E-state index contributed by atoms with van der Waals surface area (Å²) in [5.74, 6) is 0. The molecule has 25 heavy (non-hydrogen) atoms. The predicted octanol–water partition coefficient (Wildman–Crippen LogP) is 2.89. The molecule has 0 radical (unpaired) electrons. The molecule has 0 aliphatic carbocycles. The minimum absolute atomic E-state index is 0.774. The molecule has 2 aliphatic heterocycles. The van der Waals surface area contributed by atoms with Gasteiger partial charge < -0.3 is 9.80 Å². The van der Waals surface area contributed by atoms with Crippen molar-refractivity contribution in [3.63, 3.8) is 0 Å². The Hall–Kier alpha value is -1.59. The van der Waals surface area contributed by atoms with Crippen LogP contribution in [0.4, 0.5) is 5.69 Å². The number of nitrogens with zero attached hydrogens (tertiary/aromatic N) is 5. The van der Waals surface area contributed by atoms with E-state index >= 15 is 0 Å². The van der Waals surface area contributed by atoms with Gasteiger partial charge >= 0.3 is 0 Å². The normalized spacial score (nSPS) is 20.6. The second-order valence-corrected chi connectivity index (χ2v) is 7.10. The van der Waals surface area contributed by atoms with E-state index in [4.69, 9.17) is 0 Å². The fourth-order valence-corrected chi connectivity index (χ4v) is 3.96. The van der Waals surface area contributed by atoms with E-state index in [1.807, 2.05) is 24.6 Å². The average molecular weight is 344 g/mol. The smallest absolute Gasteiger partial charge is 0.0692 e. The van der Waals surface area contributed by atoms with Crippen LogP contribution in [0.5, 0.6) is 0 Å². The van der Waals surface area contributed by atoms with Crippen LogP contribution in [0.3, 0.4) is 0 Å². The summed E-state index contributed by atoms with van der Waals surface area (Å²) in [6, 6.07) is 5.22. The zero-order valence-corrected chi connectivity index (χ0v) is 16.3. The number of rotatable bonds is 2. The molecular formula is C20H33N5. The average Bonchev–Trinajstić information content (AvgIpc) is 3.05. The molecule has 4 rings (SSSR count). The highest BCUT2D eigenvalue weighted by Crippen LogP contribution is 2.24. The lowest BCUT2D eigenvalue weighted by Crippen LogP contribution is -2.52. The third-order valence-corrected chi connectivity index (χ3v) is 5.58. The van der Waals surface area contributed by atoms with Crippen molar-refractivity contribution in [2.45, 2.75) is 39.7 Å². The Morgan fingerprint density at radius 1 is 0.960 bits per heavy atom. The highest BCUT2D eigenvalue weighted by molar-refractivity contribution is 5.58. The van der Waals surface area contributed by atoms with Crippen molar-refractivity contribution < 1.29 is 0 Å². The molecule has 4 heterocycles. The quantitative estimate of drug-likeness (QED) is 0.838. The van der Waals surface area contributed by atoms with Crippen molar-refractivity contribution in [1.29, 1.82) is 0 Å². The van der Waals surface area contributed by atoms with Crippen LogP contribution < -0.4 is 4.90 Å². The zero-order valence-electron chi connectivity index (χ0n) is 16.3. The molecule has 0 bridgehead atoms. The maximum absolute atomic E-state index is 4.45. The third kappa shape index (κ3) is 3.98. The van der Waals surface area contributed by atoms with Crippen LogP contribution in [0, 0.1) is 6.92 Å². The lowest BCUT2D eigenvalue weighted by atomic mass is 10.0. The first-order chi connectivity index (χ1) is 12.2. The summed E-state index contributed by atoms with van der Waals surface area (Å²) >= 11 is 0. The van der Waals surface area contributed by atoms with Crippen LogP contribution in [0.1, 0.15) is 32.3 Å². The topological polar surface area (TPSA) is 27.0 Å². The van der Waals surface area contributed by atoms with E-state index < -0.39 is 0 Å². The van der Waals surface area contributed by atoms with Gasteiger partial charge in [-0.1, -0.05) is 13.8 Å². The molecule has 5 nitrogen and oxygen atoms in total. The van der Waals surface area contributed by atoms with E-state index in [0.29, 0.717) is 0 Å². The van der Waals surface area contributed by atoms with Gasteiger partial charge in [-0.05, 0) is 44.5 Å². The second-order valence-electron chi connectivity index (χ2n) is 7.10. The molecule has 0 amide bonds. The zero-order chi connectivity index (χ0) is 17.8. The molecular weight excluding hydrogens is 310 g/mol. The van der Waals surface area contributed by atoms with Crippen LogP contribution in [-0.4, -0.2) is 71.8 Å². The first kappa shape index (κ1) is 18.2. The highest BCUT2D eigenvalue weighted by atomic mass is 15.3. The van der Waals surface area contributed by atoms with Gasteiger partial charge in [0.25, 0.3) is 0 Å². The van der Waals surface area contributed by atoms with Crippen LogP contribution in [-0.2, 0) is 0 Å². The third-order valence-electron chi connectivity index (χ3n) is 5.58. The van der Waals surface area contributed by atoms with Crippen molar-refractivity contribution in [3.05, 3.63) is 30.1 Å². The van der Waals surface area contributed by atoms with Crippen LogP contribution in [0.2, 0.25) is 0 Å². The highest BCUT2D eigenvalue weighted by Gasteiger charge is 2.26. The number of piperidine rings is 1. The molecule has 2 saturated heterocycles. The lowest BCUT2D eigenvalue weighted by Gasteiger charge is -2.42. The lowest BCUT2D eigenvalue weighted by molar-refractivity contribution is 0.0982. The van der Waals surface area contributed by atoms with Crippen molar-refractivity contribution >= 4 is 11.2 Å². The summed E-state index contributed by atoms with van der Waals surface area (Å²) in [6.07, 6.45) is 6.68. The maximum Gasteiger partial charge on any atom is 0.0692 e. The van der Waals surface area contributed by atoms with E-state index in [1.54, 1.807) is 0 Å². The summed E-state index contributed by atoms with van der Waals surface area (Å²) in [5.41, 5.74) is 3.75. The molecule has 138 valence electrons. The number of pyridine rings is 1. The SMILES string of the molecule is CC.Cc1cnn2cc(N3CCC(N4CCN(C)CC4)CC3)ccc12. The van der Waals surface area contributed by atoms with Crippen LogP contribution in [0.15, 0.2) is 24.5 Å². The fourth-order valence-electron chi connectivity index (χ4n) is 3.96. The molecule has 0 saturated carbocycles. The first-order valence-corrected chi connectivity index (χ1v) is 9.82. The van der Waals surface area contributed by atoms with Crippen LogP contribution >= 0.6 is 0 Å². The van der Waals surface area contributed by atoms with Gasteiger partial charge in [0.2, 0.25) is 0 Å². The molecule has 2 aliphatic rings. The van der Waals surface area contributed by atoms with Gasteiger partial charge in [0.15, 0.2) is 0 Å². The van der Waals surface area contributed by atoms with Gasteiger partial charge in [0.1, 0.15) is 0 Å². The monoisotopic (exact) mass is 343 g/mol. The Morgan fingerprint density at radius 2 is 1.64 bits per heavy atom. The van der Waals surface area contributed by atoms with E-state index in [1.165, 1.54) is 55.8 Å². The minimum atomic E-state index is 0.774. The van der Waals surface area contributed by atoms with Crippen LogP contribution in [0.25, 0.3) is 5.52 Å². The largest absolute Gasteiger partial charge is 0.370 e. The number of aromatic nitrogens is 2. The van der Waals surface area contributed by atoms with E-state index in [2.05, 4.69) is 52.1 Å². The Balaban J connectivity index is 0.000000880. The van der Waals surface area contributed by atoms with Crippen molar-refractivity contribution in [3.8, 4) is 0 Å². The van der Waals surface area contributed by atoms with E-state index in [9.17, 15) is 0 Å². The molecule has 0 atom stereocenters. The van der Waals surface area contributed by atoms with Gasteiger partial charge in [0, 0.05) is 45.3 Å². The fraction of sp³-hybridized carbons (Fsp3) is 0.650. The molecule has 2 aromatic heterocycles. The number of likely N-dealkylation sites (N-methyl/N-ethyl adjacent to an activating group) is 1. The number of anilines is 1. The standard InChI is InChI=1S/C18H27N5.C2H6/c1-15-13-19-23-14-17(3-4-18(15)23)21-7-5-16(6-8-21)22-11-9-20(2)10-12-22;1-2/h3-4,13-14,16H,5-12H2,1-2H3;1-2H3. The minimum Gasteiger partial charge on any atom is -0.370 e.